The molecule has 0 saturated heterocycles. The van der Waals surface area contributed by atoms with Crippen LogP contribution < -0.4 is 5.84 Å². The summed E-state index contributed by atoms with van der Waals surface area (Å²) in [7, 11) is -3.77. The average Bonchev–Trinajstić information content (AvgIpc) is 2.30. The van der Waals surface area contributed by atoms with Crippen LogP contribution in [0.15, 0.2) is 29.2 Å². The van der Waals surface area contributed by atoms with Crippen LogP contribution in [0.2, 0.25) is 0 Å². The number of benzene rings is 1. The zero-order valence-corrected chi connectivity index (χ0v) is 7.28. The number of carbonyl (C=O) groups is 1. The summed E-state index contributed by atoms with van der Waals surface area (Å²) < 4.78 is 23.0. The van der Waals surface area contributed by atoms with E-state index in [1.807, 2.05) is 0 Å². The second-order valence-corrected chi connectivity index (χ2v) is 4.39. The number of carbonyl (C=O) groups excluding carboxylic acids is 1. The zero-order valence-electron chi connectivity index (χ0n) is 6.47. The van der Waals surface area contributed by atoms with Gasteiger partial charge in [-0.25, -0.2) is 5.84 Å². The third-order valence-corrected chi connectivity index (χ3v) is 3.45. The Morgan fingerprint density at radius 3 is 2.46 bits per heavy atom. The van der Waals surface area contributed by atoms with E-state index in [0.717, 1.165) is 0 Å². The van der Waals surface area contributed by atoms with Gasteiger partial charge in [0.1, 0.15) is 4.90 Å². The van der Waals surface area contributed by atoms with E-state index in [1.54, 1.807) is 12.1 Å². The Morgan fingerprint density at radius 1 is 1.23 bits per heavy atom. The van der Waals surface area contributed by atoms with Crippen molar-refractivity contribution in [2.75, 3.05) is 0 Å². The molecule has 1 aromatic carbocycles. The molecule has 0 aromatic heterocycles. The van der Waals surface area contributed by atoms with Gasteiger partial charge < -0.3 is 0 Å². The molecule has 0 fully saturated rings. The molecule has 5 nitrogen and oxygen atoms in total. The van der Waals surface area contributed by atoms with Crippen molar-refractivity contribution in [2.45, 2.75) is 4.90 Å². The fourth-order valence-electron chi connectivity index (χ4n) is 1.20. The van der Waals surface area contributed by atoms with Crippen molar-refractivity contribution in [2.24, 2.45) is 5.84 Å². The number of amides is 1. The Bertz CT molecular complexity index is 480. The molecule has 2 N–H and O–H groups in total. The molecule has 68 valence electrons. The van der Waals surface area contributed by atoms with Crippen molar-refractivity contribution in [3.63, 3.8) is 0 Å². The van der Waals surface area contributed by atoms with E-state index in [1.165, 1.54) is 12.1 Å². The summed E-state index contributed by atoms with van der Waals surface area (Å²) in [5.74, 6) is 4.42. The van der Waals surface area contributed by atoms with Gasteiger partial charge in [-0.2, -0.15) is 12.8 Å². The second kappa shape index (κ2) is 2.30. The predicted molar refractivity (Wildman–Crippen MR) is 44.0 cm³/mol. The lowest BCUT2D eigenvalue weighted by Crippen LogP contribution is -2.36. The highest BCUT2D eigenvalue weighted by Crippen LogP contribution is 2.26. The number of nitrogens with zero attached hydrogens (tertiary/aromatic N) is 1. The first kappa shape index (κ1) is 8.21. The highest BCUT2D eigenvalue weighted by atomic mass is 32.2. The summed E-state index contributed by atoms with van der Waals surface area (Å²) in [6, 6.07) is 5.92. The number of fused-ring (bicyclic) bond motifs is 1. The number of hydrogen-bond donors (Lipinski definition) is 1. The van der Waals surface area contributed by atoms with E-state index in [2.05, 4.69) is 0 Å². The van der Waals surface area contributed by atoms with E-state index in [4.69, 9.17) is 5.84 Å². The number of hydrogen-bond acceptors (Lipinski definition) is 4. The topological polar surface area (TPSA) is 80.5 Å². The average molecular weight is 198 g/mol. The van der Waals surface area contributed by atoms with Crippen molar-refractivity contribution in [1.82, 2.24) is 4.41 Å². The summed E-state index contributed by atoms with van der Waals surface area (Å²) in [6.45, 7) is 0. The Labute approximate surface area is 74.8 Å². The van der Waals surface area contributed by atoms with E-state index in [9.17, 15) is 13.2 Å². The summed E-state index contributed by atoms with van der Waals surface area (Å²) in [5, 5.41) is 0. The van der Waals surface area contributed by atoms with Gasteiger partial charge in [-0.3, -0.25) is 4.79 Å². The quantitative estimate of drug-likeness (QED) is 0.458. The van der Waals surface area contributed by atoms with Gasteiger partial charge in [-0.1, -0.05) is 12.1 Å². The van der Waals surface area contributed by atoms with Crippen molar-refractivity contribution in [3.8, 4) is 0 Å². The van der Waals surface area contributed by atoms with Crippen LogP contribution in [-0.2, 0) is 10.0 Å². The molecule has 13 heavy (non-hydrogen) atoms. The lowest BCUT2D eigenvalue weighted by Gasteiger charge is -2.04. The maximum absolute atomic E-state index is 11.4. The summed E-state index contributed by atoms with van der Waals surface area (Å²) in [6.07, 6.45) is 0. The smallest absolute Gasteiger partial charge is 0.266 e. The first-order chi connectivity index (χ1) is 6.05. The van der Waals surface area contributed by atoms with Gasteiger partial charge in [0.25, 0.3) is 15.9 Å². The molecule has 1 heterocycles. The van der Waals surface area contributed by atoms with Gasteiger partial charge in [-0.15, -0.1) is 0 Å². The molecule has 6 heteroatoms. The minimum absolute atomic E-state index is 0.0255. The minimum atomic E-state index is -3.77. The molecule has 1 aromatic rings. The first-order valence-corrected chi connectivity index (χ1v) is 4.92. The molecule has 1 aliphatic heterocycles. The fourth-order valence-corrected chi connectivity index (χ4v) is 2.41. The van der Waals surface area contributed by atoms with Gasteiger partial charge in [-0.05, 0) is 12.1 Å². The predicted octanol–water partition coefficient (Wildman–Crippen LogP) is -0.295. The van der Waals surface area contributed by atoms with Gasteiger partial charge in [0.05, 0.1) is 5.56 Å². The highest BCUT2D eigenvalue weighted by molar-refractivity contribution is 7.90. The number of rotatable bonds is 0. The lowest BCUT2D eigenvalue weighted by atomic mass is 10.2. The molecule has 0 saturated carbocycles. The summed E-state index contributed by atoms with van der Waals surface area (Å²) in [4.78, 5) is 11.2. The van der Waals surface area contributed by atoms with Crippen LogP contribution in [0, 0.1) is 0 Å². The van der Waals surface area contributed by atoms with E-state index >= 15 is 0 Å². The zero-order chi connectivity index (χ0) is 9.64. The molecular formula is C7H6N2O3S. The summed E-state index contributed by atoms with van der Waals surface area (Å²) in [5.41, 5.74) is 0.130. The Balaban J connectivity index is 2.83. The third kappa shape index (κ3) is 0.895. The maximum Gasteiger partial charge on any atom is 0.283 e. The van der Waals surface area contributed by atoms with Crippen molar-refractivity contribution in [3.05, 3.63) is 29.8 Å². The number of sulfonamides is 1. The van der Waals surface area contributed by atoms with Crippen LogP contribution in [-0.4, -0.2) is 18.7 Å². The van der Waals surface area contributed by atoms with Crippen molar-refractivity contribution >= 4 is 15.9 Å². The Kier molecular flexibility index (Phi) is 1.45. The van der Waals surface area contributed by atoms with Crippen LogP contribution >= 0.6 is 0 Å². The largest absolute Gasteiger partial charge is 0.283 e. The number of hydrazine groups is 1. The van der Waals surface area contributed by atoms with E-state index in [-0.39, 0.29) is 14.9 Å². The van der Waals surface area contributed by atoms with Gasteiger partial charge in [0.2, 0.25) is 0 Å². The third-order valence-electron chi connectivity index (χ3n) is 1.85. The van der Waals surface area contributed by atoms with Crippen LogP contribution in [0.25, 0.3) is 0 Å². The maximum atomic E-state index is 11.4. The lowest BCUT2D eigenvalue weighted by molar-refractivity contribution is 0.0871. The monoisotopic (exact) mass is 198 g/mol. The molecule has 0 unspecified atom stereocenters. The minimum Gasteiger partial charge on any atom is -0.266 e. The first-order valence-electron chi connectivity index (χ1n) is 3.48. The van der Waals surface area contributed by atoms with Crippen LogP contribution in [0.3, 0.4) is 0 Å². The van der Waals surface area contributed by atoms with Crippen LogP contribution in [0.4, 0.5) is 0 Å². The molecule has 0 atom stereocenters. The Hall–Kier alpha value is -1.40. The molecule has 0 spiro atoms. The standard InChI is InChI=1S/C7H6N2O3S/c8-9-7(10)5-3-1-2-4-6(5)13(9,11)12/h1-4H,8H2. The second-order valence-electron chi connectivity index (χ2n) is 2.60. The van der Waals surface area contributed by atoms with Crippen LogP contribution in [0.5, 0.6) is 0 Å². The molecular weight excluding hydrogens is 192 g/mol. The van der Waals surface area contributed by atoms with Gasteiger partial charge in [0.15, 0.2) is 0 Å². The molecule has 0 aliphatic carbocycles. The van der Waals surface area contributed by atoms with Crippen molar-refractivity contribution < 1.29 is 13.2 Å². The SMILES string of the molecule is NN1C(=O)c2ccccc2S1(=O)=O. The highest BCUT2D eigenvalue weighted by Gasteiger charge is 2.38. The molecule has 0 bridgehead atoms. The van der Waals surface area contributed by atoms with Crippen molar-refractivity contribution in [1.29, 1.82) is 0 Å². The van der Waals surface area contributed by atoms with Gasteiger partial charge in [0, 0.05) is 0 Å². The summed E-state index contributed by atoms with van der Waals surface area (Å²) >= 11 is 0. The molecule has 1 amide bonds. The van der Waals surface area contributed by atoms with Crippen LogP contribution in [0.1, 0.15) is 10.4 Å². The van der Waals surface area contributed by atoms with E-state index < -0.39 is 15.9 Å². The molecule has 2 rings (SSSR count). The van der Waals surface area contributed by atoms with Gasteiger partial charge >= 0.3 is 0 Å². The van der Waals surface area contributed by atoms with E-state index in [0.29, 0.717) is 0 Å². The molecule has 1 aliphatic rings. The Morgan fingerprint density at radius 2 is 1.85 bits per heavy atom. The normalized spacial score (nSPS) is 18.8. The number of nitrogens with two attached hydrogens (primary N) is 1. The molecule has 0 radical (unpaired) electrons. The fraction of sp³-hybridized carbons (Fsp3) is 0.